The summed E-state index contributed by atoms with van der Waals surface area (Å²) in [4.78, 5) is 24.6. The maximum atomic E-state index is 13.7. The van der Waals surface area contributed by atoms with Crippen LogP contribution in [0.1, 0.15) is 27.8 Å². The summed E-state index contributed by atoms with van der Waals surface area (Å²) in [5.74, 6) is -3.74. The second-order valence-electron chi connectivity index (χ2n) is 5.59. The molecule has 0 saturated heterocycles. The van der Waals surface area contributed by atoms with Gasteiger partial charge < -0.3 is 10.6 Å². The second kappa shape index (κ2) is 8.37. The van der Waals surface area contributed by atoms with E-state index in [2.05, 4.69) is 20.8 Å². The molecule has 3 rings (SSSR count). The van der Waals surface area contributed by atoms with Gasteiger partial charge in [-0.1, -0.05) is 35.3 Å². The SMILES string of the molecule is O=C(NCc1c(Cl)cccc1Cl)c1[nH]ncc1NC(=O)c1c(F)cccc1F.[HH]. The number of aromatic nitrogens is 2. The number of aromatic amines is 1. The molecule has 2 aromatic carbocycles. The van der Waals surface area contributed by atoms with E-state index in [1.807, 2.05) is 0 Å². The van der Waals surface area contributed by atoms with Gasteiger partial charge in [0.25, 0.3) is 11.8 Å². The van der Waals surface area contributed by atoms with Gasteiger partial charge in [0.15, 0.2) is 0 Å². The fourth-order valence-corrected chi connectivity index (χ4v) is 2.94. The van der Waals surface area contributed by atoms with Crippen LogP contribution in [0.3, 0.4) is 0 Å². The summed E-state index contributed by atoms with van der Waals surface area (Å²) in [6, 6.07) is 7.96. The van der Waals surface area contributed by atoms with Gasteiger partial charge in [0.1, 0.15) is 22.9 Å². The van der Waals surface area contributed by atoms with Crippen LogP contribution in [-0.4, -0.2) is 22.0 Å². The summed E-state index contributed by atoms with van der Waals surface area (Å²) >= 11 is 12.1. The average Bonchev–Trinajstić information content (AvgIpc) is 3.09. The largest absolute Gasteiger partial charge is 0.346 e. The van der Waals surface area contributed by atoms with Crippen molar-refractivity contribution in [2.75, 3.05) is 5.32 Å². The first-order chi connectivity index (χ1) is 13.4. The molecule has 0 aliphatic carbocycles. The van der Waals surface area contributed by atoms with Gasteiger partial charge in [-0.25, -0.2) is 8.78 Å². The number of nitrogens with one attached hydrogen (secondary N) is 3. The molecule has 3 aromatic rings. The van der Waals surface area contributed by atoms with Crippen LogP contribution in [0, 0.1) is 11.6 Å². The van der Waals surface area contributed by atoms with E-state index in [-0.39, 0.29) is 19.4 Å². The minimum absolute atomic E-state index is 0. The molecular formula is C18H14Cl2F2N4O2. The van der Waals surface area contributed by atoms with Gasteiger partial charge >= 0.3 is 0 Å². The van der Waals surface area contributed by atoms with Crippen LogP contribution < -0.4 is 10.6 Å². The Morgan fingerprint density at radius 3 is 2.29 bits per heavy atom. The number of nitrogens with zero attached hydrogens (tertiary/aromatic N) is 1. The highest BCUT2D eigenvalue weighted by Gasteiger charge is 2.21. The summed E-state index contributed by atoms with van der Waals surface area (Å²) in [6.45, 7) is 0.0195. The van der Waals surface area contributed by atoms with Crippen molar-refractivity contribution >= 4 is 40.7 Å². The van der Waals surface area contributed by atoms with E-state index in [1.54, 1.807) is 18.2 Å². The molecule has 0 unspecified atom stereocenters. The average molecular weight is 427 g/mol. The zero-order valence-corrected chi connectivity index (χ0v) is 15.5. The van der Waals surface area contributed by atoms with E-state index in [0.29, 0.717) is 15.6 Å². The van der Waals surface area contributed by atoms with Crippen molar-refractivity contribution in [3.8, 4) is 0 Å². The van der Waals surface area contributed by atoms with Crippen LogP contribution in [0.25, 0.3) is 0 Å². The third-order valence-corrected chi connectivity index (χ3v) is 4.50. The molecule has 1 aromatic heterocycles. The Balaban J connectivity index is 0.00000300. The predicted molar refractivity (Wildman–Crippen MR) is 103 cm³/mol. The lowest BCUT2D eigenvalue weighted by molar-refractivity contribution is 0.0947. The molecule has 28 heavy (non-hydrogen) atoms. The van der Waals surface area contributed by atoms with Gasteiger partial charge in [-0.3, -0.25) is 14.7 Å². The normalized spacial score (nSPS) is 10.6. The number of carbonyl (C=O) groups excluding carboxylic acids is 2. The van der Waals surface area contributed by atoms with Gasteiger partial charge in [0, 0.05) is 23.6 Å². The van der Waals surface area contributed by atoms with Crippen LogP contribution in [0.15, 0.2) is 42.6 Å². The first-order valence-electron chi connectivity index (χ1n) is 7.88. The molecule has 0 spiro atoms. The monoisotopic (exact) mass is 426 g/mol. The highest BCUT2D eigenvalue weighted by Crippen LogP contribution is 2.24. The summed E-state index contributed by atoms with van der Waals surface area (Å²) in [5.41, 5.74) is -0.403. The number of anilines is 1. The molecule has 0 atom stereocenters. The first-order valence-corrected chi connectivity index (χ1v) is 8.64. The Morgan fingerprint density at radius 2 is 1.64 bits per heavy atom. The van der Waals surface area contributed by atoms with Crippen LogP contribution in [0.4, 0.5) is 14.5 Å². The molecule has 3 N–H and O–H groups in total. The van der Waals surface area contributed by atoms with Crippen molar-refractivity contribution in [3.05, 3.63) is 81.1 Å². The third kappa shape index (κ3) is 4.13. The van der Waals surface area contributed by atoms with Crippen molar-refractivity contribution in [1.29, 1.82) is 0 Å². The fraction of sp³-hybridized carbons (Fsp3) is 0.0556. The summed E-state index contributed by atoms with van der Waals surface area (Å²) in [6.07, 6.45) is 1.15. The third-order valence-electron chi connectivity index (χ3n) is 3.79. The lowest BCUT2D eigenvalue weighted by Crippen LogP contribution is -2.25. The second-order valence-corrected chi connectivity index (χ2v) is 6.41. The molecule has 0 bridgehead atoms. The standard InChI is InChI=1S/C18H12Cl2F2N4O2.H2/c19-10-3-1-4-11(20)9(10)7-23-18(28)16-14(8-24-26-16)25-17(27)15-12(21)5-2-6-13(15)22;/h1-6,8H,7H2,(H,23,28)(H,24,26)(H,25,27);1H. The minimum atomic E-state index is -1.06. The number of H-pyrrole nitrogens is 1. The predicted octanol–water partition coefficient (Wildman–Crippen LogP) is 4.42. The summed E-state index contributed by atoms with van der Waals surface area (Å²) < 4.78 is 27.5. The van der Waals surface area contributed by atoms with Gasteiger partial charge in [0.2, 0.25) is 0 Å². The summed E-state index contributed by atoms with van der Waals surface area (Å²) in [7, 11) is 0. The first kappa shape index (κ1) is 19.8. The van der Waals surface area contributed by atoms with Gasteiger partial charge in [-0.15, -0.1) is 0 Å². The van der Waals surface area contributed by atoms with Crippen molar-refractivity contribution < 1.29 is 19.8 Å². The van der Waals surface area contributed by atoms with Crippen LogP contribution >= 0.6 is 23.2 Å². The zero-order valence-electron chi connectivity index (χ0n) is 14.0. The maximum Gasteiger partial charge on any atom is 0.271 e. The number of benzene rings is 2. The van der Waals surface area contributed by atoms with Crippen molar-refractivity contribution in [3.63, 3.8) is 0 Å². The van der Waals surface area contributed by atoms with Crippen molar-refractivity contribution in [2.45, 2.75) is 6.54 Å². The quantitative estimate of drug-likeness (QED) is 0.564. The molecule has 0 saturated carbocycles. The molecule has 2 amide bonds. The number of carbonyl (C=O) groups is 2. The van der Waals surface area contributed by atoms with E-state index < -0.39 is 29.0 Å². The molecule has 0 radical (unpaired) electrons. The topological polar surface area (TPSA) is 86.9 Å². The zero-order chi connectivity index (χ0) is 20.3. The Kier molecular flexibility index (Phi) is 5.91. The lowest BCUT2D eigenvalue weighted by atomic mass is 10.1. The molecule has 0 aliphatic rings. The molecular weight excluding hydrogens is 413 g/mol. The van der Waals surface area contributed by atoms with E-state index in [1.165, 1.54) is 0 Å². The molecule has 10 heteroatoms. The van der Waals surface area contributed by atoms with Gasteiger partial charge in [0.05, 0.1) is 11.9 Å². The van der Waals surface area contributed by atoms with E-state index in [4.69, 9.17) is 23.2 Å². The fourth-order valence-electron chi connectivity index (χ4n) is 2.41. The van der Waals surface area contributed by atoms with Gasteiger partial charge in [-0.2, -0.15) is 5.10 Å². The Morgan fingerprint density at radius 1 is 1.04 bits per heavy atom. The molecule has 0 aliphatic heterocycles. The number of hydrogen-bond acceptors (Lipinski definition) is 3. The number of amides is 2. The smallest absolute Gasteiger partial charge is 0.271 e. The highest BCUT2D eigenvalue weighted by atomic mass is 35.5. The van der Waals surface area contributed by atoms with E-state index >= 15 is 0 Å². The molecule has 1 heterocycles. The Bertz CT molecular complexity index is 1020. The maximum absolute atomic E-state index is 13.7. The van der Waals surface area contributed by atoms with Crippen molar-refractivity contribution in [2.24, 2.45) is 0 Å². The molecule has 146 valence electrons. The summed E-state index contributed by atoms with van der Waals surface area (Å²) in [5, 5.41) is 11.7. The number of hydrogen-bond donors (Lipinski definition) is 3. The van der Waals surface area contributed by atoms with Crippen LogP contribution in [-0.2, 0) is 6.54 Å². The van der Waals surface area contributed by atoms with Crippen molar-refractivity contribution in [1.82, 2.24) is 15.5 Å². The minimum Gasteiger partial charge on any atom is -0.346 e. The van der Waals surface area contributed by atoms with Crippen LogP contribution in [0.5, 0.6) is 0 Å². The van der Waals surface area contributed by atoms with Gasteiger partial charge in [-0.05, 0) is 24.3 Å². The van der Waals surface area contributed by atoms with E-state index in [0.717, 1.165) is 24.4 Å². The van der Waals surface area contributed by atoms with Crippen LogP contribution in [0.2, 0.25) is 10.0 Å². The Hall–Kier alpha value is -2.97. The molecule has 6 nitrogen and oxygen atoms in total. The lowest BCUT2D eigenvalue weighted by Gasteiger charge is -2.10. The number of rotatable bonds is 5. The molecule has 0 fully saturated rings. The number of halogens is 4. The Labute approximate surface area is 169 Å². The highest BCUT2D eigenvalue weighted by molar-refractivity contribution is 6.36. The van der Waals surface area contributed by atoms with E-state index in [9.17, 15) is 18.4 Å².